The van der Waals surface area contributed by atoms with Crippen LogP contribution in [0.5, 0.6) is 0 Å². The Hall–Kier alpha value is -0.740. The lowest BCUT2D eigenvalue weighted by atomic mass is 9.88. The maximum absolute atomic E-state index is 5.90. The van der Waals surface area contributed by atoms with Gasteiger partial charge in [0.25, 0.3) is 0 Å². The first-order valence-corrected chi connectivity index (χ1v) is 6.99. The molecule has 0 amide bonds. The lowest BCUT2D eigenvalue weighted by Crippen LogP contribution is -2.18. The Labute approximate surface area is 106 Å². The van der Waals surface area contributed by atoms with Gasteiger partial charge in [-0.05, 0) is 38.5 Å². The van der Waals surface area contributed by atoms with Gasteiger partial charge >= 0.3 is 0 Å². The minimum Gasteiger partial charge on any atom is -0.374 e. The Morgan fingerprint density at radius 3 is 3.00 bits per heavy atom. The second kappa shape index (κ2) is 3.62. The Morgan fingerprint density at radius 1 is 1.29 bits per heavy atom. The second-order valence-electron chi connectivity index (χ2n) is 5.45. The zero-order valence-corrected chi connectivity index (χ0v) is 10.6. The van der Waals surface area contributed by atoms with Gasteiger partial charge in [0.1, 0.15) is 10.5 Å². The Morgan fingerprint density at radius 2 is 2.24 bits per heavy atom. The number of ether oxygens (including phenoxy) is 1. The molecule has 3 atom stereocenters. The fraction of sp³-hybridized carbons (Fsp3) is 0.692. The van der Waals surface area contributed by atoms with Gasteiger partial charge in [-0.1, -0.05) is 12.2 Å². The standard InChI is InChI=1S/C13H16N2OS/c17-13-8-2-1-3-10(8)14-12(15-13)9-6-7-4-5-11(9)16-7/h7,9,11H,1-6H2,(H,14,15,17). The summed E-state index contributed by atoms with van der Waals surface area (Å²) in [6, 6.07) is 0. The third-order valence-corrected chi connectivity index (χ3v) is 4.77. The quantitative estimate of drug-likeness (QED) is 0.776. The van der Waals surface area contributed by atoms with Crippen molar-refractivity contribution in [2.75, 3.05) is 0 Å². The number of aromatic nitrogens is 2. The SMILES string of the molecule is S=c1nc(C2CC3CCC2O3)[nH]c2c1CCC2. The highest BCUT2D eigenvalue weighted by atomic mass is 32.1. The van der Waals surface area contributed by atoms with Crippen LogP contribution in [-0.4, -0.2) is 22.2 Å². The molecular weight excluding hydrogens is 232 g/mol. The van der Waals surface area contributed by atoms with Gasteiger partial charge in [0, 0.05) is 17.2 Å². The molecule has 4 heteroatoms. The van der Waals surface area contributed by atoms with Crippen molar-refractivity contribution in [3.8, 4) is 0 Å². The van der Waals surface area contributed by atoms with E-state index in [0.29, 0.717) is 18.1 Å². The summed E-state index contributed by atoms with van der Waals surface area (Å²) in [5.74, 6) is 1.55. The molecule has 4 rings (SSSR count). The van der Waals surface area contributed by atoms with Crippen LogP contribution in [0.25, 0.3) is 0 Å². The number of aryl methyl sites for hydroxylation is 1. The lowest BCUT2D eigenvalue weighted by molar-refractivity contribution is 0.0998. The Kier molecular flexibility index (Phi) is 2.18. The van der Waals surface area contributed by atoms with E-state index >= 15 is 0 Å². The van der Waals surface area contributed by atoms with E-state index in [2.05, 4.69) is 9.97 Å². The molecule has 3 unspecified atom stereocenters. The van der Waals surface area contributed by atoms with E-state index < -0.39 is 0 Å². The maximum Gasteiger partial charge on any atom is 0.133 e. The van der Waals surface area contributed by atoms with Crippen LogP contribution in [0.2, 0.25) is 0 Å². The smallest absolute Gasteiger partial charge is 0.133 e. The van der Waals surface area contributed by atoms with Crippen LogP contribution in [0.1, 0.15) is 48.7 Å². The monoisotopic (exact) mass is 248 g/mol. The number of H-pyrrole nitrogens is 1. The summed E-state index contributed by atoms with van der Waals surface area (Å²) in [5, 5.41) is 0. The van der Waals surface area contributed by atoms with E-state index in [1.54, 1.807) is 0 Å². The highest BCUT2D eigenvalue weighted by molar-refractivity contribution is 7.71. The number of fused-ring (bicyclic) bond motifs is 3. The molecule has 2 saturated heterocycles. The summed E-state index contributed by atoms with van der Waals surface area (Å²) < 4.78 is 6.73. The van der Waals surface area contributed by atoms with E-state index in [1.165, 1.54) is 30.5 Å². The van der Waals surface area contributed by atoms with E-state index in [0.717, 1.165) is 29.7 Å². The van der Waals surface area contributed by atoms with E-state index in [4.69, 9.17) is 17.0 Å². The molecule has 1 aromatic rings. The minimum atomic E-state index is 0.387. The van der Waals surface area contributed by atoms with Gasteiger partial charge in [-0.3, -0.25) is 0 Å². The molecule has 2 bridgehead atoms. The van der Waals surface area contributed by atoms with Gasteiger partial charge in [-0.15, -0.1) is 0 Å². The summed E-state index contributed by atoms with van der Waals surface area (Å²) in [6.07, 6.45) is 7.86. The number of nitrogens with zero attached hydrogens (tertiary/aromatic N) is 1. The van der Waals surface area contributed by atoms with Gasteiger partial charge in [-0.2, -0.15) is 0 Å². The molecule has 0 spiro atoms. The molecule has 90 valence electrons. The molecular formula is C13H16N2OS. The topological polar surface area (TPSA) is 37.9 Å². The first kappa shape index (κ1) is 10.2. The van der Waals surface area contributed by atoms with Gasteiger partial charge in [-0.25, -0.2) is 4.98 Å². The predicted octanol–water partition coefficient (Wildman–Crippen LogP) is 2.66. The first-order valence-electron chi connectivity index (χ1n) is 6.58. The zero-order valence-electron chi connectivity index (χ0n) is 9.74. The maximum atomic E-state index is 5.90. The fourth-order valence-corrected chi connectivity index (χ4v) is 3.90. The third-order valence-electron chi connectivity index (χ3n) is 4.43. The summed E-state index contributed by atoms with van der Waals surface area (Å²) in [6.45, 7) is 0. The molecule has 3 nitrogen and oxygen atoms in total. The normalized spacial score (nSPS) is 34.2. The van der Waals surface area contributed by atoms with Crippen LogP contribution < -0.4 is 0 Å². The van der Waals surface area contributed by atoms with Crippen molar-refractivity contribution in [2.45, 2.75) is 56.7 Å². The van der Waals surface area contributed by atoms with Crippen molar-refractivity contribution < 1.29 is 4.74 Å². The van der Waals surface area contributed by atoms with Crippen LogP contribution in [0.3, 0.4) is 0 Å². The van der Waals surface area contributed by atoms with E-state index in [-0.39, 0.29) is 0 Å². The number of nitrogens with one attached hydrogen (secondary N) is 1. The summed E-state index contributed by atoms with van der Waals surface area (Å²) in [5.41, 5.74) is 2.62. The van der Waals surface area contributed by atoms with Gasteiger partial charge in [0.2, 0.25) is 0 Å². The number of hydrogen-bond acceptors (Lipinski definition) is 3. The summed E-state index contributed by atoms with van der Waals surface area (Å²) in [4.78, 5) is 8.16. The average Bonchev–Trinajstić information content (AvgIpc) is 3.04. The van der Waals surface area contributed by atoms with Crippen molar-refractivity contribution in [1.29, 1.82) is 0 Å². The molecule has 1 N–H and O–H groups in total. The zero-order chi connectivity index (χ0) is 11.4. The molecule has 1 aliphatic carbocycles. The molecule has 3 aliphatic rings. The van der Waals surface area contributed by atoms with Crippen LogP contribution in [-0.2, 0) is 17.6 Å². The average molecular weight is 248 g/mol. The van der Waals surface area contributed by atoms with Gasteiger partial charge in [0.15, 0.2) is 0 Å². The van der Waals surface area contributed by atoms with Crippen molar-refractivity contribution >= 4 is 12.2 Å². The van der Waals surface area contributed by atoms with Crippen LogP contribution in [0, 0.1) is 4.64 Å². The number of aromatic amines is 1. The van der Waals surface area contributed by atoms with E-state index in [9.17, 15) is 0 Å². The van der Waals surface area contributed by atoms with Crippen molar-refractivity contribution in [1.82, 2.24) is 9.97 Å². The largest absolute Gasteiger partial charge is 0.374 e. The highest BCUT2D eigenvalue weighted by Crippen LogP contribution is 2.43. The number of hydrogen-bond donors (Lipinski definition) is 1. The molecule has 0 radical (unpaired) electrons. The molecule has 17 heavy (non-hydrogen) atoms. The van der Waals surface area contributed by atoms with Crippen molar-refractivity contribution in [2.24, 2.45) is 0 Å². The summed E-state index contributed by atoms with van der Waals surface area (Å²) >= 11 is 5.42. The molecule has 0 saturated carbocycles. The highest BCUT2D eigenvalue weighted by Gasteiger charge is 2.42. The van der Waals surface area contributed by atoms with E-state index in [1.807, 2.05) is 0 Å². The first-order chi connectivity index (χ1) is 8.31. The van der Waals surface area contributed by atoms with Gasteiger partial charge < -0.3 is 9.72 Å². The molecule has 1 aromatic heterocycles. The minimum absolute atomic E-state index is 0.387. The van der Waals surface area contributed by atoms with Crippen molar-refractivity contribution in [3.05, 3.63) is 21.7 Å². The lowest BCUT2D eigenvalue weighted by Gasteiger charge is -2.18. The predicted molar refractivity (Wildman–Crippen MR) is 66.7 cm³/mol. The molecule has 2 fully saturated rings. The van der Waals surface area contributed by atoms with Crippen molar-refractivity contribution in [3.63, 3.8) is 0 Å². The Bertz CT molecular complexity index is 525. The molecule has 3 heterocycles. The second-order valence-corrected chi connectivity index (χ2v) is 5.84. The fourth-order valence-electron chi connectivity index (χ4n) is 3.58. The Balaban J connectivity index is 1.75. The van der Waals surface area contributed by atoms with Crippen LogP contribution in [0.15, 0.2) is 0 Å². The summed E-state index contributed by atoms with van der Waals surface area (Å²) in [7, 11) is 0. The molecule has 0 aromatic carbocycles. The van der Waals surface area contributed by atoms with Crippen LogP contribution >= 0.6 is 12.2 Å². The van der Waals surface area contributed by atoms with Crippen LogP contribution in [0.4, 0.5) is 0 Å². The molecule has 2 aliphatic heterocycles. The number of rotatable bonds is 1. The van der Waals surface area contributed by atoms with Gasteiger partial charge in [0.05, 0.1) is 12.2 Å². The third kappa shape index (κ3) is 1.50.